The summed E-state index contributed by atoms with van der Waals surface area (Å²) in [6, 6.07) is 5.84. The van der Waals surface area contributed by atoms with Gasteiger partial charge in [0, 0.05) is 61.1 Å². The van der Waals surface area contributed by atoms with Crippen LogP contribution in [-0.4, -0.2) is 62.9 Å². The number of halogens is 6. The molecule has 0 spiro atoms. The second-order valence-corrected chi connectivity index (χ2v) is 10.4. The third kappa shape index (κ3) is 5.87. The number of fused-ring (bicyclic) bond motifs is 1. The molecule has 218 valence electrons. The average Bonchev–Trinajstić information content (AvgIpc) is 3.27. The molecular weight excluding hydrogens is 548 g/mol. The van der Waals surface area contributed by atoms with Gasteiger partial charge in [-0.1, -0.05) is 19.9 Å². The molecule has 0 amide bonds. The minimum atomic E-state index is -3.14. The first kappa shape index (κ1) is 28.8. The Morgan fingerprint density at radius 3 is 2.54 bits per heavy atom. The van der Waals surface area contributed by atoms with E-state index in [1.807, 2.05) is 13.8 Å². The van der Waals surface area contributed by atoms with Crippen LogP contribution in [0.1, 0.15) is 31.0 Å². The van der Waals surface area contributed by atoms with Crippen molar-refractivity contribution in [2.24, 2.45) is 7.05 Å². The van der Waals surface area contributed by atoms with Gasteiger partial charge in [0.25, 0.3) is 6.43 Å². The molecule has 0 bridgehead atoms. The molecule has 1 saturated heterocycles. The number of aromatic nitrogens is 4. The van der Waals surface area contributed by atoms with Gasteiger partial charge in [-0.25, -0.2) is 36.3 Å². The largest absolute Gasteiger partial charge is 0.324 e. The molecule has 3 heterocycles. The Labute approximate surface area is 232 Å². The quantitative estimate of drug-likeness (QED) is 0.262. The maximum Gasteiger partial charge on any atom is 0.270 e. The van der Waals surface area contributed by atoms with Crippen LogP contribution in [-0.2, 0) is 13.6 Å². The molecule has 1 aliphatic rings. The molecule has 41 heavy (non-hydrogen) atoms. The summed E-state index contributed by atoms with van der Waals surface area (Å²) < 4.78 is 86.5. The van der Waals surface area contributed by atoms with Crippen LogP contribution in [0.3, 0.4) is 0 Å². The van der Waals surface area contributed by atoms with E-state index in [-0.39, 0.29) is 59.5 Å². The fourth-order valence-corrected chi connectivity index (χ4v) is 5.27. The lowest BCUT2D eigenvalue weighted by Crippen LogP contribution is -2.56. The van der Waals surface area contributed by atoms with Gasteiger partial charge in [-0.15, -0.1) is 0 Å². The molecule has 2 unspecified atom stereocenters. The smallest absolute Gasteiger partial charge is 0.270 e. The van der Waals surface area contributed by atoms with Crippen molar-refractivity contribution in [1.82, 2.24) is 30.0 Å². The van der Waals surface area contributed by atoms with Crippen LogP contribution in [0.4, 0.5) is 38.0 Å². The van der Waals surface area contributed by atoms with Gasteiger partial charge < -0.3 is 10.6 Å². The zero-order valence-electron chi connectivity index (χ0n) is 22.6. The number of hydrogen-bond acceptors (Lipinski definition) is 6. The van der Waals surface area contributed by atoms with Crippen molar-refractivity contribution in [2.45, 2.75) is 44.9 Å². The molecule has 0 radical (unpaired) electrons. The van der Waals surface area contributed by atoms with E-state index in [1.165, 1.54) is 17.0 Å². The molecular formula is C28H29F6N7. The van der Waals surface area contributed by atoms with Gasteiger partial charge in [-0.3, -0.25) is 9.58 Å². The van der Waals surface area contributed by atoms with E-state index in [0.717, 1.165) is 24.0 Å². The average molecular weight is 578 g/mol. The minimum absolute atomic E-state index is 0.0326. The van der Waals surface area contributed by atoms with Gasteiger partial charge in [0.2, 0.25) is 5.95 Å². The number of benzene rings is 2. The standard InChI is InChI=1S/C28H29F6N7/c1-14(2)26-18-8-16(9-20(30)25(18)39-40(26)3)24-21(31)11-36-28(38-24)37-17-5-4-15(19(29)10-17)13-41-7-6-35-12-22(41)23(32)27(33)34/h4-5,8-11,14,22-23,27,35H,6-7,12-13H2,1-3H3,(H,36,37,38). The van der Waals surface area contributed by atoms with Crippen molar-refractivity contribution < 1.29 is 26.3 Å². The molecule has 2 N–H and O–H groups in total. The Bertz CT molecular complexity index is 1560. The van der Waals surface area contributed by atoms with Crippen molar-refractivity contribution in [1.29, 1.82) is 0 Å². The summed E-state index contributed by atoms with van der Waals surface area (Å²) in [6.45, 7) is 4.63. The summed E-state index contributed by atoms with van der Waals surface area (Å²) in [4.78, 5) is 9.64. The predicted octanol–water partition coefficient (Wildman–Crippen LogP) is 5.69. The first-order chi connectivity index (χ1) is 19.5. The van der Waals surface area contributed by atoms with Gasteiger partial charge in [-0.05, 0) is 30.2 Å². The van der Waals surface area contributed by atoms with Crippen molar-refractivity contribution in [3.05, 3.63) is 65.2 Å². The van der Waals surface area contributed by atoms with Crippen LogP contribution >= 0.6 is 0 Å². The van der Waals surface area contributed by atoms with E-state index in [2.05, 4.69) is 25.7 Å². The van der Waals surface area contributed by atoms with Crippen molar-refractivity contribution in [3.63, 3.8) is 0 Å². The molecule has 2 aromatic carbocycles. The number of aryl methyl sites for hydroxylation is 1. The number of alkyl halides is 3. The summed E-state index contributed by atoms with van der Waals surface area (Å²) >= 11 is 0. The Morgan fingerprint density at radius 2 is 1.83 bits per heavy atom. The molecule has 5 rings (SSSR count). The van der Waals surface area contributed by atoms with Gasteiger partial charge in [-0.2, -0.15) is 5.10 Å². The Morgan fingerprint density at radius 1 is 1.05 bits per heavy atom. The maximum absolute atomic E-state index is 15.0. The highest BCUT2D eigenvalue weighted by Crippen LogP contribution is 2.32. The Kier molecular flexibility index (Phi) is 8.18. The molecule has 1 fully saturated rings. The van der Waals surface area contributed by atoms with E-state index in [1.54, 1.807) is 17.8 Å². The summed E-state index contributed by atoms with van der Waals surface area (Å²) in [5.41, 5.74) is 1.44. The zero-order valence-corrected chi connectivity index (χ0v) is 22.6. The van der Waals surface area contributed by atoms with Gasteiger partial charge >= 0.3 is 0 Å². The molecule has 4 aromatic rings. The van der Waals surface area contributed by atoms with Crippen molar-refractivity contribution >= 4 is 22.5 Å². The van der Waals surface area contributed by atoms with Gasteiger partial charge in [0.05, 0.1) is 12.2 Å². The highest BCUT2D eigenvalue weighted by molar-refractivity contribution is 5.87. The third-order valence-electron chi connectivity index (χ3n) is 7.19. The fraction of sp³-hybridized carbons (Fsp3) is 0.393. The van der Waals surface area contributed by atoms with Crippen LogP contribution in [0.2, 0.25) is 0 Å². The van der Waals surface area contributed by atoms with E-state index >= 15 is 4.39 Å². The second kappa shape index (κ2) is 11.6. The first-order valence-corrected chi connectivity index (χ1v) is 13.1. The lowest BCUT2D eigenvalue weighted by atomic mass is 10.0. The normalized spacial score (nSPS) is 17.1. The second-order valence-electron chi connectivity index (χ2n) is 10.4. The minimum Gasteiger partial charge on any atom is -0.324 e. The summed E-state index contributed by atoms with van der Waals surface area (Å²) in [7, 11) is 1.72. The molecule has 7 nitrogen and oxygen atoms in total. The summed E-state index contributed by atoms with van der Waals surface area (Å²) in [5.74, 6) is -2.06. The van der Waals surface area contributed by atoms with Crippen LogP contribution in [0.25, 0.3) is 22.2 Å². The number of rotatable bonds is 8. The number of anilines is 2. The molecule has 0 saturated carbocycles. The van der Waals surface area contributed by atoms with Crippen LogP contribution in [0.15, 0.2) is 36.5 Å². The van der Waals surface area contributed by atoms with Crippen LogP contribution in [0.5, 0.6) is 0 Å². The van der Waals surface area contributed by atoms with Crippen LogP contribution in [0, 0.1) is 17.5 Å². The van der Waals surface area contributed by atoms with E-state index in [9.17, 15) is 22.0 Å². The fourth-order valence-electron chi connectivity index (χ4n) is 5.27. The van der Waals surface area contributed by atoms with E-state index in [0.29, 0.717) is 11.9 Å². The predicted molar refractivity (Wildman–Crippen MR) is 143 cm³/mol. The SMILES string of the molecule is CC(C)c1c2cc(-c3nc(Nc4ccc(CN5CCNCC5C(F)C(F)F)c(F)c4)ncc3F)cc(F)c2nn1C. The maximum atomic E-state index is 15.0. The number of hydrogen-bond donors (Lipinski definition) is 2. The zero-order chi connectivity index (χ0) is 29.4. The van der Waals surface area contributed by atoms with Crippen LogP contribution < -0.4 is 10.6 Å². The molecule has 13 heteroatoms. The summed E-state index contributed by atoms with van der Waals surface area (Å²) in [5, 5.41) is 10.5. The lowest BCUT2D eigenvalue weighted by Gasteiger charge is -2.37. The number of nitrogens with one attached hydrogen (secondary N) is 2. The highest BCUT2D eigenvalue weighted by Gasteiger charge is 2.36. The molecule has 2 aromatic heterocycles. The Hall–Kier alpha value is -3.71. The van der Waals surface area contributed by atoms with E-state index < -0.39 is 36.1 Å². The lowest BCUT2D eigenvalue weighted by molar-refractivity contribution is -0.0190. The Balaban J connectivity index is 1.39. The third-order valence-corrected chi connectivity index (χ3v) is 7.19. The molecule has 2 atom stereocenters. The number of nitrogens with zero attached hydrogens (tertiary/aromatic N) is 5. The molecule has 1 aliphatic heterocycles. The number of piperazine rings is 1. The highest BCUT2D eigenvalue weighted by atomic mass is 19.3. The van der Waals surface area contributed by atoms with Gasteiger partial charge in [0.1, 0.15) is 17.0 Å². The monoisotopic (exact) mass is 577 g/mol. The van der Waals surface area contributed by atoms with E-state index in [4.69, 9.17) is 0 Å². The van der Waals surface area contributed by atoms with Crippen molar-refractivity contribution in [3.8, 4) is 11.3 Å². The summed E-state index contributed by atoms with van der Waals surface area (Å²) in [6.07, 6.45) is -4.56. The van der Waals surface area contributed by atoms with Crippen molar-refractivity contribution in [2.75, 3.05) is 25.0 Å². The topological polar surface area (TPSA) is 70.9 Å². The van der Waals surface area contributed by atoms with Gasteiger partial charge in [0.15, 0.2) is 17.8 Å². The first-order valence-electron chi connectivity index (χ1n) is 13.1. The molecule has 0 aliphatic carbocycles.